The number of nitrogens with one attached hydrogen (secondary N) is 1. The maximum absolute atomic E-state index is 11.7. The van der Waals surface area contributed by atoms with Gasteiger partial charge in [0.2, 0.25) is 0 Å². The van der Waals surface area contributed by atoms with Crippen molar-refractivity contribution in [2.24, 2.45) is 0 Å². The van der Waals surface area contributed by atoms with Crippen LogP contribution >= 0.6 is 0 Å². The fourth-order valence-corrected chi connectivity index (χ4v) is 1.74. The van der Waals surface area contributed by atoms with E-state index in [0.717, 1.165) is 16.5 Å². The summed E-state index contributed by atoms with van der Waals surface area (Å²) in [4.78, 5) is 14.5. The molecule has 1 N–H and O–H groups in total. The predicted molar refractivity (Wildman–Crippen MR) is 63.2 cm³/mol. The molecule has 0 unspecified atom stereocenters. The van der Waals surface area contributed by atoms with Gasteiger partial charge in [-0.05, 0) is 36.4 Å². The highest BCUT2D eigenvalue weighted by Crippen LogP contribution is 2.13. The van der Waals surface area contributed by atoms with E-state index in [9.17, 15) is 4.79 Å². The molecule has 1 heterocycles. The first-order valence-corrected chi connectivity index (χ1v) is 5.20. The Morgan fingerprint density at radius 1 is 1.38 bits per heavy atom. The van der Waals surface area contributed by atoms with Gasteiger partial charge in [-0.2, -0.15) is 5.26 Å². The molecule has 0 atom stereocenters. The summed E-state index contributed by atoms with van der Waals surface area (Å²) in [6.07, 6.45) is 0.885. The summed E-state index contributed by atoms with van der Waals surface area (Å²) < 4.78 is 0. The fraction of sp³-hybridized carbons (Fsp3) is 0.231. The highest BCUT2D eigenvalue weighted by Gasteiger charge is 2.02. The quantitative estimate of drug-likeness (QED) is 0.830. The number of nitrogens with zero attached hydrogens (tertiary/aromatic N) is 1. The molecular weight excluding hydrogens is 200 g/mol. The lowest BCUT2D eigenvalue weighted by Crippen LogP contribution is -2.12. The van der Waals surface area contributed by atoms with E-state index in [0.29, 0.717) is 18.4 Å². The van der Waals surface area contributed by atoms with Crippen LogP contribution in [0.2, 0.25) is 0 Å². The first-order valence-electron chi connectivity index (χ1n) is 5.20. The molecular formula is C13H12N2O. The van der Waals surface area contributed by atoms with E-state index in [1.807, 2.05) is 37.3 Å². The number of aromatic amines is 1. The number of hydrogen-bond donors (Lipinski definition) is 1. The van der Waals surface area contributed by atoms with Crippen LogP contribution in [0.4, 0.5) is 0 Å². The van der Waals surface area contributed by atoms with Gasteiger partial charge in [-0.25, -0.2) is 0 Å². The molecule has 2 rings (SSSR count). The maximum atomic E-state index is 11.7. The van der Waals surface area contributed by atoms with Gasteiger partial charge in [0, 0.05) is 17.5 Å². The van der Waals surface area contributed by atoms with Gasteiger partial charge < -0.3 is 4.98 Å². The second kappa shape index (κ2) is 4.19. The SMILES string of the molecule is Cc1ccc2cc(CCC#N)c(=O)[nH]c2c1. The van der Waals surface area contributed by atoms with Gasteiger partial charge in [-0.3, -0.25) is 4.79 Å². The number of aromatic nitrogens is 1. The van der Waals surface area contributed by atoms with Crippen LogP contribution in [-0.2, 0) is 6.42 Å². The molecule has 0 aliphatic carbocycles. The number of pyridine rings is 1. The summed E-state index contributed by atoms with van der Waals surface area (Å²) in [6, 6.07) is 9.85. The van der Waals surface area contributed by atoms with Gasteiger partial charge >= 0.3 is 0 Å². The number of nitriles is 1. The number of aryl methyl sites for hydroxylation is 2. The molecule has 0 amide bonds. The molecule has 0 saturated heterocycles. The Balaban J connectivity index is 2.55. The summed E-state index contributed by atoms with van der Waals surface area (Å²) in [6.45, 7) is 1.99. The van der Waals surface area contributed by atoms with Gasteiger partial charge in [-0.1, -0.05) is 12.1 Å². The van der Waals surface area contributed by atoms with Crippen LogP contribution in [0.1, 0.15) is 17.5 Å². The van der Waals surface area contributed by atoms with E-state index in [2.05, 4.69) is 4.98 Å². The molecule has 2 aromatic rings. The van der Waals surface area contributed by atoms with E-state index in [1.54, 1.807) is 0 Å². The topological polar surface area (TPSA) is 56.6 Å². The molecule has 0 fully saturated rings. The van der Waals surface area contributed by atoms with Gasteiger partial charge in [0.1, 0.15) is 0 Å². The second-order valence-corrected chi connectivity index (χ2v) is 3.87. The Morgan fingerprint density at radius 2 is 2.19 bits per heavy atom. The van der Waals surface area contributed by atoms with Crippen molar-refractivity contribution >= 4 is 10.9 Å². The van der Waals surface area contributed by atoms with Crippen molar-refractivity contribution in [1.29, 1.82) is 5.26 Å². The zero-order chi connectivity index (χ0) is 11.5. The smallest absolute Gasteiger partial charge is 0.251 e. The molecule has 80 valence electrons. The highest BCUT2D eigenvalue weighted by atomic mass is 16.1. The lowest BCUT2D eigenvalue weighted by molar-refractivity contribution is 0.983. The number of hydrogen-bond acceptors (Lipinski definition) is 2. The third-order valence-corrected chi connectivity index (χ3v) is 2.58. The van der Waals surface area contributed by atoms with Crippen LogP contribution in [0.15, 0.2) is 29.1 Å². The Kier molecular flexibility index (Phi) is 2.74. The van der Waals surface area contributed by atoms with E-state index in [4.69, 9.17) is 5.26 Å². The fourth-order valence-electron chi connectivity index (χ4n) is 1.74. The van der Waals surface area contributed by atoms with Gasteiger partial charge in [0.15, 0.2) is 0 Å². The van der Waals surface area contributed by atoms with Crippen molar-refractivity contribution in [3.63, 3.8) is 0 Å². The second-order valence-electron chi connectivity index (χ2n) is 3.87. The molecule has 0 radical (unpaired) electrons. The molecule has 3 heteroatoms. The largest absolute Gasteiger partial charge is 0.322 e. The standard InChI is InChI=1S/C13H12N2O/c1-9-4-5-10-8-11(3-2-6-14)13(16)15-12(10)7-9/h4-5,7-8H,2-3H2,1H3,(H,15,16). The zero-order valence-corrected chi connectivity index (χ0v) is 9.08. The molecule has 3 nitrogen and oxygen atoms in total. The summed E-state index contributed by atoms with van der Waals surface area (Å²) in [7, 11) is 0. The summed E-state index contributed by atoms with van der Waals surface area (Å²) in [5.41, 5.74) is 2.56. The highest BCUT2D eigenvalue weighted by molar-refractivity contribution is 5.79. The molecule has 16 heavy (non-hydrogen) atoms. The number of rotatable bonds is 2. The monoisotopic (exact) mass is 212 g/mol. The molecule has 0 saturated carbocycles. The zero-order valence-electron chi connectivity index (χ0n) is 9.08. The van der Waals surface area contributed by atoms with Crippen molar-refractivity contribution in [2.75, 3.05) is 0 Å². The minimum atomic E-state index is -0.0895. The van der Waals surface area contributed by atoms with Crippen molar-refractivity contribution in [2.45, 2.75) is 19.8 Å². The molecule has 1 aromatic heterocycles. The summed E-state index contributed by atoms with van der Waals surface area (Å²) in [5, 5.41) is 9.52. The molecule has 1 aromatic carbocycles. The Hall–Kier alpha value is -2.08. The van der Waals surface area contributed by atoms with Crippen LogP contribution in [0.5, 0.6) is 0 Å². The van der Waals surface area contributed by atoms with E-state index < -0.39 is 0 Å². The van der Waals surface area contributed by atoms with Gasteiger partial charge in [0.25, 0.3) is 5.56 Å². The van der Waals surface area contributed by atoms with Gasteiger partial charge in [0.05, 0.1) is 6.07 Å². The minimum Gasteiger partial charge on any atom is -0.322 e. The Bertz CT molecular complexity index is 620. The summed E-state index contributed by atoms with van der Waals surface area (Å²) in [5.74, 6) is 0. The first kappa shape index (κ1) is 10.4. The van der Waals surface area contributed by atoms with Gasteiger partial charge in [-0.15, -0.1) is 0 Å². The van der Waals surface area contributed by atoms with Crippen LogP contribution in [0, 0.1) is 18.3 Å². The van der Waals surface area contributed by atoms with Crippen molar-refractivity contribution in [3.05, 3.63) is 45.7 Å². The predicted octanol–water partition coefficient (Wildman–Crippen LogP) is 2.29. The average molecular weight is 212 g/mol. The van der Waals surface area contributed by atoms with E-state index in [1.165, 1.54) is 0 Å². The average Bonchev–Trinajstić information content (AvgIpc) is 2.26. The lowest BCUT2D eigenvalue weighted by atomic mass is 10.1. The Morgan fingerprint density at radius 3 is 2.94 bits per heavy atom. The third kappa shape index (κ3) is 1.96. The minimum absolute atomic E-state index is 0.0895. The molecule has 0 aliphatic heterocycles. The number of benzene rings is 1. The molecule has 0 aliphatic rings. The summed E-state index contributed by atoms with van der Waals surface area (Å²) >= 11 is 0. The third-order valence-electron chi connectivity index (χ3n) is 2.58. The molecule has 0 bridgehead atoms. The Labute approximate surface area is 93.3 Å². The van der Waals surface area contributed by atoms with Crippen LogP contribution in [-0.4, -0.2) is 4.98 Å². The van der Waals surface area contributed by atoms with Crippen LogP contribution < -0.4 is 5.56 Å². The normalized spacial score (nSPS) is 10.2. The van der Waals surface area contributed by atoms with Crippen molar-refractivity contribution in [3.8, 4) is 6.07 Å². The van der Waals surface area contributed by atoms with Crippen LogP contribution in [0.3, 0.4) is 0 Å². The van der Waals surface area contributed by atoms with Crippen molar-refractivity contribution < 1.29 is 0 Å². The van der Waals surface area contributed by atoms with E-state index >= 15 is 0 Å². The van der Waals surface area contributed by atoms with E-state index in [-0.39, 0.29) is 5.56 Å². The lowest BCUT2D eigenvalue weighted by Gasteiger charge is -2.02. The van der Waals surface area contributed by atoms with Crippen molar-refractivity contribution in [1.82, 2.24) is 4.98 Å². The number of H-pyrrole nitrogens is 1. The number of fused-ring (bicyclic) bond motifs is 1. The molecule has 0 spiro atoms. The first-order chi connectivity index (χ1) is 7.70. The maximum Gasteiger partial charge on any atom is 0.251 e. The van der Waals surface area contributed by atoms with Crippen LogP contribution in [0.25, 0.3) is 10.9 Å².